The number of fused-ring (bicyclic) bond motifs is 1. The van der Waals surface area contributed by atoms with E-state index in [2.05, 4.69) is 10.3 Å². The first-order valence-electron chi connectivity index (χ1n) is 7.22. The van der Waals surface area contributed by atoms with Crippen LogP contribution in [0, 0.1) is 6.92 Å². The Labute approximate surface area is 153 Å². The molecule has 1 atom stereocenters. The number of rotatable bonds is 4. The Hall–Kier alpha value is -1.82. The van der Waals surface area contributed by atoms with E-state index in [-0.39, 0.29) is 5.91 Å². The molecular weight excluding hydrogens is 367 g/mol. The van der Waals surface area contributed by atoms with Gasteiger partial charge in [0, 0.05) is 10.7 Å². The van der Waals surface area contributed by atoms with Gasteiger partial charge in [-0.1, -0.05) is 23.2 Å². The van der Waals surface area contributed by atoms with E-state index in [0.29, 0.717) is 21.5 Å². The number of nitrogens with zero attached hydrogens (tertiary/aromatic N) is 1. The summed E-state index contributed by atoms with van der Waals surface area (Å²) in [5, 5.41) is 4.70. The predicted octanol–water partition coefficient (Wildman–Crippen LogP) is 5.32. The Balaban J connectivity index is 1.70. The molecule has 0 spiro atoms. The van der Waals surface area contributed by atoms with Crippen molar-refractivity contribution in [1.29, 1.82) is 0 Å². The number of hydrogen-bond donors (Lipinski definition) is 1. The lowest BCUT2D eigenvalue weighted by Crippen LogP contribution is -2.30. The largest absolute Gasteiger partial charge is 0.479 e. The van der Waals surface area contributed by atoms with Crippen molar-refractivity contribution < 1.29 is 9.53 Å². The molecule has 0 fully saturated rings. The van der Waals surface area contributed by atoms with Crippen molar-refractivity contribution in [3.63, 3.8) is 0 Å². The first kappa shape index (κ1) is 17.0. The van der Waals surface area contributed by atoms with Crippen LogP contribution >= 0.6 is 34.5 Å². The Morgan fingerprint density at radius 1 is 1.25 bits per heavy atom. The summed E-state index contributed by atoms with van der Waals surface area (Å²) in [6, 6.07) is 10.5. The highest BCUT2D eigenvalue weighted by Crippen LogP contribution is 2.29. The van der Waals surface area contributed by atoms with Crippen LogP contribution in [-0.2, 0) is 4.79 Å². The van der Waals surface area contributed by atoms with Crippen LogP contribution < -0.4 is 10.1 Å². The van der Waals surface area contributed by atoms with Crippen molar-refractivity contribution in [3.05, 3.63) is 51.5 Å². The van der Waals surface area contributed by atoms with Gasteiger partial charge in [-0.2, -0.15) is 0 Å². The van der Waals surface area contributed by atoms with Crippen LogP contribution in [0.2, 0.25) is 10.0 Å². The molecule has 3 aromatic rings. The third-order valence-corrected chi connectivity index (χ3v) is 4.79. The summed E-state index contributed by atoms with van der Waals surface area (Å²) >= 11 is 13.5. The third-order valence-electron chi connectivity index (χ3n) is 3.33. The molecule has 7 heteroatoms. The maximum Gasteiger partial charge on any atom is 0.265 e. The minimum absolute atomic E-state index is 0.262. The van der Waals surface area contributed by atoms with Gasteiger partial charge >= 0.3 is 0 Å². The highest BCUT2D eigenvalue weighted by Gasteiger charge is 2.17. The van der Waals surface area contributed by atoms with Gasteiger partial charge < -0.3 is 10.1 Å². The normalized spacial score (nSPS) is 12.2. The molecule has 0 saturated carbocycles. The number of hydrogen-bond acceptors (Lipinski definition) is 4. The zero-order chi connectivity index (χ0) is 17.3. The first-order chi connectivity index (χ1) is 11.4. The van der Waals surface area contributed by atoms with Gasteiger partial charge in [0.1, 0.15) is 5.75 Å². The summed E-state index contributed by atoms with van der Waals surface area (Å²) < 4.78 is 6.64. The molecule has 1 N–H and O–H groups in total. The standard InChI is InChI=1S/C17H14Cl2N2O2S/c1-9(23-15-6-3-11(18)7-13(15)19)17(22)21-12-4-5-14-16(8-12)24-10(2)20-14/h3-9H,1-2H3,(H,21,22)/t9-/m1/s1. The van der Waals surface area contributed by atoms with Crippen molar-refractivity contribution in [2.45, 2.75) is 20.0 Å². The number of aromatic nitrogens is 1. The van der Waals surface area contributed by atoms with Crippen LogP contribution in [0.3, 0.4) is 0 Å². The molecule has 3 rings (SSSR count). The van der Waals surface area contributed by atoms with Gasteiger partial charge in [-0.05, 0) is 50.2 Å². The fourth-order valence-electron chi connectivity index (χ4n) is 2.18. The summed E-state index contributed by atoms with van der Waals surface area (Å²) in [7, 11) is 0. The van der Waals surface area contributed by atoms with Crippen molar-refractivity contribution in [2.75, 3.05) is 5.32 Å². The number of halogens is 2. The quantitative estimate of drug-likeness (QED) is 0.666. The molecule has 0 saturated heterocycles. The lowest BCUT2D eigenvalue weighted by atomic mass is 10.2. The Morgan fingerprint density at radius 2 is 2.04 bits per heavy atom. The van der Waals surface area contributed by atoms with Crippen LogP contribution in [0.15, 0.2) is 36.4 Å². The average Bonchev–Trinajstić information content (AvgIpc) is 2.89. The maximum absolute atomic E-state index is 12.3. The number of anilines is 1. The molecule has 0 aliphatic rings. The second kappa shape index (κ2) is 6.97. The van der Waals surface area contributed by atoms with E-state index in [1.54, 1.807) is 36.5 Å². The number of thiazole rings is 1. The first-order valence-corrected chi connectivity index (χ1v) is 8.79. The van der Waals surface area contributed by atoms with Gasteiger partial charge in [0.2, 0.25) is 0 Å². The lowest BCUT2D eigenvalue weighted by Gasteiger charge is -2.15. The highest BCUT2D eigenvalue weighted by atomic mass is 35.5. The van der Waals surface area contributed by atoms with Crippen LogP contribution in [0.5, 0.6) is 5.75 Å². The van der Waals surface area contributed by atoms with Crippen molar-refractivity contribution >= 4 is 56.3 Å². The molecule has 2 aromatic carbocycles. The number of nitrogens with one attached hydrogen (secondary N) is 1. The minimum Gasteiger partial charge on any atom is -0.479 e. The third kappa shape index (κ3) is 3.80. The van der Waals surface area contributed by atoms with Gasteiger partial charge in [-0.15, -0.1) is 11.3 Å². The van der Waals surface area contributed by atoms with Crippen LogP contribution in [0.4, 0.5) is 5.69 Å². The molecule has 1 amide bonds. The number of aryl methyl sites for hydroxylation is 1. The van der Waals surface area contributed by atoms with Gasteiger partial charge in [0.25, 0.3) is 5.91 Å². The Bertz CT molecular complexity index is 911. The lowest BCUT2D eigenvalue weighted by molar-refractivity contribution is -0.122. The SMILES string of the molecule is Cc1nc2ccc(NC(=O)[C@@H](C)Oc3ccc(Cl)cc3Cl)cc2s1. The van der Waals surface area contributed by atoms with Crippen molar-refractivity contribution in [1.82, 2.24) is 4.98 Å². The molecule has 124 valence electrons. The Morgan fingerprint density at radius 3 is 2.79 bits per heavy atom. The van der Waals surface area contributed by atoms with Gasteiger partial charge in [-0.3, -0.25) is 4.79 Å². The second-order valence-electron chi connectivity index (χ2n) is 5.24. The van der Waals surface area contributed by atoms with Gasteiger partial charge in [0.05, 0.1) is 20.2 Å². The molecule has 0 bridgehead atoms. The average molecular weight is 381 g/mol. The minimum atomic E-state index is -0.706. The molecule has 0 aliphatic heterocycles. The van der Waals surface area contributed by atoms with Crippen molar-refractivity contribution in [2.24, 2.45) is 0 Å². The van der Waals surface area contributed by atoms with Crippen molar-refractivity contribution in [3.8, 4) is 5.75 Å². The highest BCUT2D eigenvalue weighted by molar-refractivity contribution is 7.18. The van der Waals surface area contributed by atoms with E-state index >= 15 is 0 Å². The zero-order valence-corrected chi connectivity index (χ0v) is 15.3. The maximum atomic E-state index is 12.3. The number of ether oxygens (including phenoxy) is 1. The second-order valence-corrected chi connectivity index (χ2v) is 7.32. The fraction of sp³-hybridized carbons (Fsp3) is 0.176. The number of carbonyl (C=O) groups excluding carboxylic acids is 1. The molecule has 4 nitrogen and oxygen atoms in total. The summed E-state index contributed by atoms with van der Waals surface area (Å²) in [4.78, 5) is 16.7. The molecule has 24 heavy (non-hydrogen) atoms. The van der Waals surface area contributed by atoms with Crippen LogP contribution in [0.1, 0.15) is 11.9 Å². The molecule has 0 radical (unpaired) electrons. The molecule has 0 unspecified atom stereocenters. The van der Waals surface area contributed by atoms with Crippen LogP contribution in [-0.4, -0.2) is 17.0 Å². The van der Waals surface area contributed by atoms with Gasteiger partial charge in [0.15, 0.2) is 6.10 Å². The van der Waals surface area contributed by atoms with E-state index in [1.165, 1.54) is 0 Å². The van der Waals surface area contributed by atoms with E-state index < -0.39 is 6.10 Å². The smallest absolute Gasteiger partial charge is 0.265 e. The molecular formula is C17H14Cl2N2O2S. The van der Waals surface area contributed by atoms with Gasteiger partial charge in [-0.25, -0.2) is 4.98 Å². The summed E-state index contributed by atoms with van der Waals surface area (Å²) in [6.45, 7) is 3.62. The fourth-order valence-corrected chi connectivity index (χ4v) is 3.50. The Kier molecular flexibility index (Phi) is 4.94. The summed E-state index contributed by atoms with van der Waals surface area (Å²) in [6.07, 6.45) is -0.706. The number of amides is 1. The molecule has 0 aliphatic carbocycles. The number of benzene rings is 2. The monoisotopic (exact) mass is 380 g/mol. The van der Waals surface area contributed by atoms with E-state index in [4.69, 9.17) is 27.9 Å². The van der Waals surface area contributed by atoms with E-state index in [0.717, 1.165) is 15.2 Å². The van der Waals surface area contributed by atoms with E-state index in [1.807, 2.05) is 25.1 Å². The van der Waals surface area contributed by atoms with Crippen LogP contribution in [0.25, 0.3) is 10.2 Å². The van der Waals surface area contributed by atoms with E-state index in [9.17, 15) is 4.79 Å². The molecule has 1 heterocycles. The summed E-state index contributed by atoms with van der Waals surface area (Å²) in [5.74, 6) is 0.152. The predicted molar refractivity (Wildman–Crippen MR) is 99.5 cm³/mol. The summed E-state index contributed by atoms with van der Waals surface area (Å²) in [5.41, 5.74) is 1.63. The topological polar surface area (TPSA) is 51.2 Å². The zero-order valence-electron chi connectivity index (χ0n) is 13.0. The number of carbonyl (C=O) groups is 1. The molecule has 1 aromatic heterocycles.